The number of nitrogen functional groups attached to an aromatic ring is 1. The molecular weight excluding hydrogens is 538 g/mol. The Bertz CT molecular complexity index is 1110. The number of rotatable bonds is 5. The standard InChI is InChI=1S/C26H46FN3O5Si3/c1-17(2)37(18(3)4)32-16-21-23(34-38(35-37,19(5)6)20(7)8)26(27,13-15-36(9,10)11)24(33-21)30-14-12-22(28)29-25(30)31/h12,14,17-21,23-24H,16H2,1-11H3,(H2,28,29,31)/t21-,23-,24-,26-/m1/s1. The van der Waals surface area contributed by atoms with Crippen LogP contribution in [0.25, 0.3) is 0 Å². The molecular formula is C26H46FN3O5Si3. The van der Waals surface area contributed by atoms with Crippen molar-refractivity contribution in [2.75, 3.05) is 12.3 Å². The first-order chi connectivity index (χ1) is 17.4. The van der Waals surface area contributed by atoms with E-state index in [2.05, 4.69) is 71.8 Å². The van der Waals surface area contributed by atoms with Crippen molar-refractivity contribution in [3.8, 4) is 11.5 Å². The van der Waals surface area contributed by atoms with Crippen molar-refractivity contribution >= 4 is 31.0 Å². The van der Waals surface area contributed by atoms with E-state index in [9.17, 15) is 4.79 Å². The van der Waals surface area contributed by atoms with Crippen LogP contribution < -0.4 is 11.4 Å². The largest absolute Gasteiger partial charge is 0.414 e. The molecule has 0 amide bonds. The molecule has 2 fully saturated rings. The third-order valence-corrected chi connectivity index (χ3v) is 18.6. The average molecular weight is 584 g/mol. The van der Waals surface area contributed by atoms with Gasteiger partial charge in [-0.1, -0.05) is 81.0 Å². The van der Waals surface area contributed by atoms with Crippen molar-refractivity contribution in [1.82, 2.24) is 9.55 Å². The molecule has 3 heterocycles. The monoisotopic (exact) mass is 583 g/mol. The average Bonchev–Trinajstić information content (AvgIpc) is 3.02. The molecule has 0 aliphatic carbocycles. The van der Waals surface area contributed by atoms with Crippen LogP contribution in [0.1, 0.15) is 61.6 Å². The minimum Gasteiger partial charge on any atom is -0.414 e. The zero-order valence-electron chi connectivity index (χ0n) is 24.8. The van der Waals surface area contributed by atoms with Crippen LogP contribution in [-0.2, 0) is 17.7 Å². The highest BCUT2D eigenvalue weighted by atomic mass is 28.5. The second-order valence-electron chi connectivity index (χ2n) is 12.9. The summed E-state index contributed by atoms with van der Waals surface area (Å²) in [7, 11) is -8.01. The molecule has 12 heteroatoms. The number of aromatic nitrogens is 2. The number of nitrogens with two attached hydrogens (primary N) is 1. The quantitative estimate of drug-likeness (QED) is 0.373. The summed E-state index contributed by atoms with van der Waals surface area (Å²) < 4.78 is 46.1. The van der Waals surface area contributed by atoms with Crippen LogP contribution in [0.15, 0.2) is 17.1 Å². The molecule has 8 nitrogen and oxygen atoms in total. The van der Waals surface area contributed by atoms with Gasteiger partial charge in [0.2, 0.25) is 5.67 Å². The summed E-state index contributed by atoms with van der Waals surface area (Å²) in [6.45, 7) is 23.0. The molecule has 1 aromatic rings. The number of hydrogen-bond acceptors (Lipinski definition) is 7. The molecule has 0 saturated carbocycles. The second kappa shape index (κ2) is 10.9. The highest BCUT2D eigenvalue weighted by molar-refractivity contribution is 6.84. The summed E-state index contributed by atoms with van der Waals surface area (Å²) in [6, 6.07) is 1.45. The lowest BCUT2D eigenvalue weighted by atomic mass is 9.97. The Balaban J connectivity index is 2.28. The van der Waals surface area contributed by atoms with Crippen molar-refractivity contribution in [2.45, 2.75) is 121 Å². The molecule has 2 aliphatic heterocycles. The maximum atomic E-state index is 17.6. The second-order valence-corrected chi connectivity index (χ2v) is 26.4. The molecule has 4 atom stereocenters. The Labute approximate surface area is 230 Å². The topological polar surface area (TPSA) is 97.8 Å². The summed E-state index contributed by atoms with van der Waals surface area (Å²) in [5.74, 6) is 2.97. The number of halogens is 1. The van der Waals surface area contributed by atoms with Crippen molar-refractivity contribution in [2.24, 2.45) is 0 Å². The molecule has 2 aliphatic rings. The van der Waals surface area contributed by atoms with Gasteiger partial charge in [0.15, 0.2) is 6.23 Å². The highest BCUT2D eigenvalue weighted by Gasteiger charge is 2.66. The van der Waals surface area contributed by atoms with Gasteiger partial charge in [0, 0.05) is 6.20 Å². The molecule has 0 spiro atoms. The fourth-order valence-electron chi connectivity index (χ4n) is 5.45. The van der Waals surface area contributed by atoms with Crippen LogP contribution in [0.4, 0.5) is 10.2 Å². The van der Waals surface area contributed by atoms with E-state index in [1.54, 1.807) is 0 Å². The lowest BCUT2D eigenvalue weighted by molar-refractivity contribution is -0.0597. The minimum atomic E-state index is -3.15. The van der Waals surface area contributed by atoms with Crippen LogP contribution in [-0.4, -0.2) is 59.2 Å². The van der Waals surface area contributed by atoms with Crippen molar-refractivity contribution < 1.29 is 22.1 Å². The summed E-state index contributed by atoms with van der Waals surface area (Å²) in [5, 5.41) is 0. The van der Waals surface area contributed by atoms with Crippen molar-refractivity contribution in [3.05, 3.63) is 22.7 Å². The van der Waals surface area contributed by atoms with Crippen LogP contribution in [0, 0.1) is 11.5 Å². The van der Waals surface area contributed by atoms with Gasteiger partial charge < -0.3 is 23.4 Å². The molecule has 2 N–H and O–H groups in total. The maximum absolute atomic E-state index is 17.6. The minimum absolute atomic E-state index is 0.00314. The predicted octanol–water partition coefficient (Wildman–Crippen LogP) is 5.27. The highest BCUT2D eigenvalue weighted by Crippen LogP contribution is 2.51. The molecule has 0 unspecified atom stereocenters. The van der Waals surface area contributed by atoms with E-state index in [-0.39, 0.29) is 34.6 Å². The Morgan fingerprint density at radius 1 is 1.08 bits per heavy atom. The maximum Gasteiger partial charge on any atom is 0.351 e. The molecule has 214 valence electrons. The van der Waals surface area contributed by atoms with Gasteiger partial charge in [-0.15, -0.1) is 5.54 Å². The SMILES string of the molecule is CC(C)[Si]1(C(C)C)OC[C@H]2O[C@@H](n3ccc(N)nc3=O)[C@@](F)(C#C[Si](C)(C)C)[C@@H]2O[Si](C(C)C)(C(C)C)O1. The van der Waals surface area contributed by atoms with Crippen molar-refractivity contribution in [3.63, 3.8) is 0 Å². The summed E-state index contributed by atoms with van der Waals surface area (Å²) in [4.78, 5) is 16.7. The Kier molecular flexibility index (Phi) is 8.96. The molecule has 1 aromatic heterocycles. The van der Waals surface area contributed by atoms with Gasteiger partial charge in [-0.25, -0.2) is 9.18 Å². The first-order valence-electron chi connectivity index (χ1n) is 13.6. The number of nitrogens with zero attached hydrogens (tertiary/aromatic N) is 2. The van der Waals surface area contributed by atoms with E-state index < -0.39 is 55.0 Å². The van der Waals surface area contributed by atoms with Gasteiger partial charge in [-0.05, 0) is 28.2 Å². The normalized spacial score (nSPS) is 29.2. The molecule has 0 radical (unpaired) electrons. The molecule has 0 bridgehead atoms. The first-order valence-corrected chi connectivity index (χ1v) is 21.1. The Morgan fingerprint density at radius 2 is 1.63 bits per heavy atom. The third-order valence-electron chi connectivity index (χ3n) is 7.47. The van der Waals surface area contributed by atoms with E-state index in [1.807, 2.05) is 19.6 Å². The van der Waals surface area contributed by atoms with Gasteiger partial charge in [0.25, 0.3) is 0 Å². The first kappa shape index (κ1) is 31.2. The summed E-state index contributed by atoms with van der Waals surface area (Å²) in [6.07, 6.45) is -1.86. The lowest BCUT2D eigenvalue weighted by Crippen LogP contribution is -2.66. The fourth-order valence-corrected chi connectivity index (χ4v) is 17.2. The number of alkyl halides is 1. The number of hydrogen-bond donors (Lipinski definition) is 1. The molecule has 2 saturated heterocycles. The van der Waals surface area contributed by atoms with Crippen LogP contribution in [0.3, 0.4) is 0 Å². The fraction of sp³-hybridized carbons (Fsp3) is 0.769. The van der Waals surface area contributed by atoms with E-state index in [0.29, 0.717) is 0 Å². The van der Waals surface area contributed by atoms with E-state index in [0.717, 1.165) is 4.57 Å². The zero-order chi connectivity index (χ0) is 28.8. The van der Waals surface area contributed by atoms with Gasteiger partial charge in [-0.3, -0.25) is 4.57 Å². The van der Waals surface area contributed by atoms with Gasteiger partial charge >= 0.3 is 22.8 Å². The van der Waals surface area contributed by atoms with E-state index in [4.69, 9.17) is 23.4 Å². The van der Waals surface area contributed by atoms with Crippen LogP contribution in [0.5, 0.6) is 0 Å². The summed E-state index contributed by atoms with van der Waals surface area (Å²) in [5.41, 5.74) is 6.14. The predicted molar refractivity (Wildman–Crippen MR) is 156 cm³/mol. The number of fused-ring (bicyclic) bond motifs is 1. The van der Waals surface area contributed by atoms with Gasteiger partial charge in [0.05, 0.1) is 6.61 Å². The number of anilines is 1. The Morgan fingerprint density at radius 3 is 2.11 bits per heavy atom. The zero-order valence-corrected chi connectivity index (χ0v) is 27.8. The molecule has 3 rings (SSSR count). The Hall–Kier alpha value is -1.34. The lowest BCUT2D eigenvalue weighted by Gasteiger charge is -2.51. The smallest absolute Gasteiger partial charge is 0.351 e. The number of ether oxygens (including phenoxy) is 1. The molecule has 38 heavy (non-hydrogen) atoms. The van der Waals surface area contributed by atoms with Crippen molar-refractivity contribution in [1.29, 1.82) is 0 Å². The van der Waals surface area contributed by atoms with Crippen LogP contribution in [0.2, 0.25) is 41.8 Å². The third kappa shape index (κ3) is 5.61. The molecule has 0 aromatic carbocycles. The van der Waals surface area contributed by atoms with Gasteiger partial charge in [0.1, 0.15) is 26.1 Å². The van der Waals surface area contributed by atoms with Gasteiger partial charge in [-0.2, -0.15) is 4.98 Å². The van der Waals surface area contributed by atoms with E-state index in [1.165, 1.54) is 12.3 Å². The van der Waals surface area contributed by atoms with E-state index >= 15 is 4.39 Å². The van der Waals surface area contributed by atoms with Crippen LogP contribution >= 0.6 is 0 Å². The summed E-state index contributed by atoms with van der Waals surface area (Å²) >= 11 is 0.